The predicted molar refractivity (Wildman–Crippen MR) is 61.2 cm³/mol. The van der Waals surface area contributed by atoms with Crippen LogP contribution in [0.4, 0.5) is 0 Å². The van der Waals surface area contributed by atoms with Crippen LogP contribution in [0.1, 0.15) is 0 Å². The second kappa shape index (κ2) is 4.24. The molecule has 0 saturated heterocycles. The van der Waals surface area contributed by atoms with Crippen LogP contribution in [-0.2, 0) is 0 Å². The van der Waals surface area contributed by atoms with E-state index in [1.54, 1.807) is 5.19 Å². The average Bonchev–Trinajstić information content (AvgIpc) is 2.69. The molecule has 1 aliphatic rings. The molecule has 1 aromatic carbocycles. The first-order valence-corrected chi connectivity index (χ1v) is 6.55. The zero-order valence-corrected chi connectivity index (χ0v) is 9.10. The van der Waals surface area contributed by atoms with Crippen molar-refractivity contribution < 1.29 is 0 Å². The van der Waals surface area contributed by atoms with Gasteiger partial charge in [0.05, 0.1) is 9.52 Å². The van der Waals surface area contributed by atoms with Gasteiger partial charge in [-0.25, -0.2) is 0 Å². The zero-order chi connectivity index (χ0) is 8.93. The monoisotopic (exact) mass is 186 g/mol. The molecule has 2 rings (SSSR count). The molecule has 1 heteroatoms. The summed E-state index contributed by atoms with van der Waals surface area (Å²) in [6.07, 6.45) is 8.92. The molecule has 0 aliphatic heterocycles. The van der Waals surface area contributed by atoms with E-state index in [1.165, 1.54) is 6.04 Å². The van der Waals surface area contributed by atoms with Crippen LogP contribution in [-0.4, -0.2) is 9.52 Å². The molecule has 0 unspecified atom stereocenters. The second-order valence-corrected chi connectivity index (χ2v) is 5.35. The molecule has 0 nitrogen and oxygen atoms in total. The maximum atomic E-state index is 2.30. The lowest BCUT2D eigenvalue weighted by Gasteiger charge is -2.03. The maximum absolute atomic E-state index is 2.30. The van der Waals surface area contributed by atoms with E-state index in [9.17, 15) is 0 Å². The van der Waals surface area contributed by atoms with Crippen LogP contribution in [0.5, 0.6) is 0 Å². The first-order valence-electron chi connectivity index (χ1n) is 4.84. The summed E-state index contributed by atoms with van der Waals surface area (Å²) in [5, 5.41) is 1.58. The van der Waals surface area contributed by atoms with Gasteiger partial charge in [-0.2, -0.15) is 0 Å². The molecule has 0 bridgehead atoms. The van der Waals surface area contributed by atoms with E-state index in [0.29, 0.717) is 0 Å². The highest BCUT2D eigenvalue weighted by Gasteiger charge is 2.03. The van der Waals surface area contributed by atoms with E-state index in [4.69, 9.17) is 0 Å². The van der Waals surface area contributed by atoms with Crippen LogP contribution in [0.25, 0.3) is 0 Å². The molecule has 0 saturated carbocycles. The number of allylic oxidation sites excluding steroid dienone is 4. The largest absolute Gasteiger partial charge is 0.0779 e. The Labute approximate surface area is 81.8 Å². The molecule has 0 amide bonds. The third kappa shape index (κ3) is 2.43. The molecule has 0 fully saturated rings. The van der Waals surface area contributed by atoms with Gasteiger partial charge in [-0.05, 0) is 12.0 Å². The van der Waals surface area contributed by atoms with Crippen LogP contribution >= 0.6 is 0 Å². The van der Waals surface area contributed by atoms with E-state index in [2.05, 4.69) is 54.6 Å². The Morgan fingerprint density at radius 2 is 1.69 bits per heavy atom. The van der Waals surface area contributed by atoms with Gasteiger partial charge in [0.15, 0.2) is 0 Å². The standard InChI is InChI=1S/C12H14Si/c1-2-8-12(9-3-1)13-10-11-6-4-5-7-11/h1-9,11H,10,13H2. The number of rotatable bonds is 3. The Morgan fingerprint density at radius 1 is 1.00 bits per heavy atom. The fraction of sp³-hybridized carbons (Fsp3) is 0.167. The van der Waals surface area contributed by atoms with E-state index < -0.39 is 0 Å². The summed E-state index contributed by atoms with van der Waals surface area (Å²) in [5.74, 6) is 0.729. The molecule has 0 heterocycles. The molecule has 0 radical (unpaired) electrons. The molecule has 0 aromatic heterocycles. The molecule has 66 valence electrons. The van der Waals surface area contributed by atoms with E-state index in [1.807, 2.05) is 0 Å². The number of hydrogen-bond donors (Lipinski definition) is 0. The SMILES string of the molecule is C1=CC(C[SiH2]c2ccccc2)C=C1. The summed E-state index contributed by atoms with van der Waals surface area (Å²) in [6, 6.07) is 12.3. The van der Waals surface area contributed by atoms with Gasteiger partial charge in [0.2, 0.25) is 0 Å². The maximum Gasteiger partial charge on any atom is 0.0556 e. The van der Waals surface area contributed by atoms with Crippen LogP contribution in [0.2, 0.25) is 6.04 Å². The topological polar surface area (TPSA) is 0 Å². The Balaban J connectivity index is 1.86. The summed E-state index contributed by atoms with van der Waals surface area (Å²) in [5.41, 5.74) is 0. The van der Waals surface area contributed by atoms with Crippen molar-refractivity contribution in [2.75, 3.05) is 0 Å². The van der Waals surface area contributed by atoms with E-state index in [-0.39, 0.29) is 9.52 Å². The van der Waals surface area contributed by atoms with Crippen LogP contribution in [0.3, 0.4) is 0 Å². The highest BCUT2D eigenvalue weighted by molar-refractivity contribution is 6.53. The fourth-order valence-corrected chi connectivity index (χ4v) is 3.31. The molecule has 0 atom stereocenters. The van der Waals surface area contributed by atoms with Crippen molar-refractivity contribution in [2.45, 2.75) is 6.04 Å². The second-order valence-electron chi connectivity index (χ2n) is 3.46. The van der Waals surface area contributed by atoms with Crippen LogP contribution in [0.15, 0.2) is 54.6 Å². The quantitative estimate of drug-likeness (QED) is 0.630. The van der Waals surface area contributed by atoms with Crippen molar-refractivity contribution >= 4 is 14.7 Å². The summed E-state index contributed by atoms with van der Waals surface area (Å²) >= 11 is 0. The third-order valence-corrected chi connectivity index (χ3v) is 4.44. The minimum absolute atomic E-state index is 0.0433. The van der Waals surface area contributed by atoms with Crippen molar-refractivity contribution in [1.29, 1.82) is 0 Å². The van der Waals surface area contributed by atoms with Gasteiger partial charge >= 0.3 is 0 Å². The first kappa shape index (κ1) is 8.51. The van der Waals surface area contributed by atoms with Gasteiger partial charge in [0.25, 0.3) is 0 Å². The highest BCUT2D eigenvalue weighted by atomic mass is 28.2. The van der Waals surface area contributed by atoms with Gasteiger partial charge in [-0.1, -0.05) is 59.8 Å². The molecular weight excluding hydrogens is 172 g/mol. The van der Waals surface area contributed by atoms with Crippen LogP contribution in [0, 0.1) is 5.92 Å². The van der Waals surface area contributed by atoms with Gasteiger partial charge in [-0.3, -0.25) is 0 Å². The average molecular weight is 186 g/mol. The normalized spacial score (nSPS) is 16.3. The number of benzene rings is 1. The Hall–Kier alpha value is -1.08. The van der Waals surface area contributed by atoms with Crippen LogP contribution < -0.4 is 5.19 Å². The van der Waals surface area contributed by atoms with E-state index >= 15 is 0 Å². The van der Waals surface area contributed by atoms with Gasteiger partial charge in [0, 0.05) is 0 Å². The minimum atomic E-state index is -0.0433. The number of hydrogen-bond acceptors (Lipinski definition) is 0. The zero-order valence-electron chi connectivity index (χ0n) is 7.69. The molecule has 0 N–H and O–H groups in total. The molecule has 1 aliphatic carbocycles. The Morgan fingerprint density at radius 3 is 2.38 bits per heavy atom. The van der Waals surface area contributed by atoms with Crippen molar-refractivity contribution in [3.05, 3.63) is 54.6 Å². The highest BCUT2D eigenvalue weighted by Crippen LogP contribution is 2.12. The molecule has 1 aromatic rings. The van der Waals surface area contributed by atoms with Gasteiger partial charge in [0.1, 0.15) is 0 Å². The third-order valence-electron chi connectivity index (χ3n) is 2.44. The lowest BCUT2D eigenvalue weighted by molar-refractivity contribution is 0.950. The lowest BCUT2D eigenvalue weighted by atomic mass is 10.2. The summed E-state index contributed by atoms with van der Waals surface area (Å²) in [4.78, 5) is 0. The summed E-state index contributed by atoms with van der Waals surface area (Å²) in [6.45, 7) is 0. The first-order chi connectivity index (χ1) is 6.45. The van der Waals surface area contributed by atoms with Gasteiger partial charge < -0.3 is 0 Å². The molecular formula is C12H14Si. The summed E-state index contributed by atoms with van der Waals surface area (Å²) in [7, 11) is -0.0433. The van der Waals surface area contributed by atoms with Crippen molar-refractivity contribution in [3.8, 4) is 0 Å². The minimum Gasteiger partial charge on any atom is -0.0779 e. The van der Waals surface area contributed by atoms with E-state index in [0.717, 1.165) is 5.92 Å². The smallest absolute Gasteiger partial charge is 0.0556 e. The van der Waals surface area contributed by atoms with Gasteiger partial charge in [-0.15, -0.1) is 0 Å². The van der Waals surface area contributed by atoms with Crippen molar-refractivity contribution in [2.24, 2.45) is 5.92 Å². The molecule has 13 heavy (non-hydrogen) atoms. The predicted octanol–water partition coefficient (Wildman–Crippen LogP) is 1.64. The lowest BCUT2D eigenvalue weighted by Crippen LogP contribution is -2.14. The molecule has 0 spiro atoms. The Kier molecular flexibility index (Phi) is 2.77. The van der Waals surface area contributed by atoms with Crippen molar-refractivity contribution in [3.63, 3.8) is 0 Å². The fourth-order valence-electron chi connectivity index (χ4n) is 1.65. The Bertz CT molecular complexity index is 299. The summed E-state index contributed by atoms with van der Waals surface area (Å²) < 4.78 is 0. The van der Waals surface area contributed by atoms with Crippen molar-refractivity contribution in [1.82, 2.24) is 0 Å².